The molecule has 0 radical (unpaired) electrons. The fraction of sp³-hybridized carbons (Fsp3) is 0.0588. The third kappa shape index (κ3) is 3.60. The zero-order valence-corrected chi connectivity index (χ0v) is 13.7. The molecule has 1 aliphatic rings. The molecule has 0 atom stereocenters. The van der Waals surface area contributed by atoms with Gasteiger partial charge in [0.05, 0.1) is 4.91 Å². The van der Waals surface area contributed by atoms with E-state index in [9.17, 15) is 9.59 Å². The lowest BCUT2D eigenvalue weighted by molar-refractivity contribution is -0.122. The third-order valence-corrected chi connectivity index (χ3v) is 4.86. The topological polar surface area (TPSA) is 50.5 Å². The first kappa shape index (κ1) is 15.7. The van der Waals surface area contributed by atoms with Crippen molar-refractivity contribution >= 4 is 40.7 Å². The van der Waals surface area contributed by atoms with Crippen LogP contribution in [-0.4, -0.2) is 22.6 Å². The summed E-state index contributed by atoms with van der Waals surface area (Å²) in [5.41, 5.74) is 0. The smallest absolute Gasteiger partial charge is 0.293 e. The van der Waals surface area contributed by atoms with E-state index >= 15 is 0 Å². The number of rotatable bonds is 5. The van der Waals surface area contributed by atoms with Gasteiger partial charge in [0, 0.05) is 17.5 Å². The average Bonchev–Trinajstić information content (AvgIpc) is 3.09. The highest BCUT2D eigenvalue weighted by atomic mass is 32.2. The second-order valence-corrected chi connectivity index (χ2v) is 6.72. The monoisotopic (exact) mass is 343 g/mol. The number of carbonyl (C=O) groups excluding carboxylic acids is 2. The first-order chi connectivity index (χ1) is 11.2. The van der Waals surface area contributed by atoms with Crippen molar-refractivity contribution in [1.29, 1.82) is 0 Å². The number of amides is 2. The van der Waals surface area contributed by atoms with Crippen LogP contribution in [0.2, 0.25) is 0 Å². The molecule has 0 aliphatic carbocycles. The molecule has 116 valence electrons. The highest BCUT2D eigenvalue weighted by Crippen LogP contribution is 2.34. The Kier molecular flexibility index (Phi) is 4.73. The summed E-state index contributed by atoms with van der Waals surface area (Å²) in [4.78, 5) is 26.5. The molecular formula is C17H13NO3S2. The minimum atomic E-state index is -0.312. The number of nitrogens with zero attached hydrogens (tertiary/aromatic N) is 1. The largest absolute Gasteiger partial charge is 0.450 e. The maximum atomic E-state index is 12.1. The van der Waals surface area contributed by atoms with Gasteiger partial charge in [-0.3, -0.25) is 14.5 Å². The maximum Gasteiger partial charge on any atom is 0.293 e. The van der Waals surface area contributed by atoms with Gasteiger partial charge in [-0.1, -0.05) is 36.0 Å². The van der Waals surface area contributed by atoms with Crippen LogP contribution in [0, 0.1) is 0 Å². The summed E-state index contributed by atoms with van der Waals surface area (Å²) in [6, 6.07) is 13.5. The summed E-state index contributed by atoms with van der Waals surface area (Å²) < 4.78 is 5.70. The Morgan fingerprint density at radius 3 is 2.70 bits per heavy atom. The van der Waals surface area contributed by atoms with Gasteiger partial charge < -0.3 is 4.42 Å². The molecule has 6 heteroatoms. The quantitative estimate of drug-likeness (QED) is 0.584. The molecule has 0 bridgehead atoms. The van der Waals surface area contributed by atoms with Crippen molar-refractivity contribution in [3.05, 3.63) is 65.8 Å². The molecule has 1 aromatic carbocycles. The Hall–Kier alpha value is -2.18. The molecule has 2 aromatic rings. The fourth-order valence-electron chi connectivity index (χ4n) is 1.99. The van der Waals surface area contributed by atoms with Crippen molar-refractivity contribution < 1.29 is 14.0 Å². The highest BCUT2D eigenvalue weighted by molar-refractivity contribution is 8.18. The normalized spacial score (nSPS) is 16.3. The first-order valence-corrected chi connectivity index (χ1v) is 8.49. The summed E-state index contributed by atoms with van der Waals surface area (Å²) in [7, 11) is 0. The van der Waals surface area contributed by atoms with E-state index in [1.165, 1.54) is 17.8 Å². The Labute approximate surface area is 142 Å². The van der Waals surface area contributed by atoms with Crippen molar-refractivity contribution in [3.8, 4) is 0 Å². The molecular weight excluding hydrogens is 330 g/mol. The molecule has 0 spiro atoms. The first-order valence-electron chi connectivity index (χ1n) is 6.86. The van der Waals surface area contributed by atoms with Crippen LogP contribution < -0.4 is 0 Å². The number of imide groups is 1. The SMILES string of the molecule is C=CCN1C(=O)S/C(=C/c2ccc(Sc3ccccc3)o2)C1=O. The number of hydrogen-bond donors (Lipinski definition) is 0. The molecule has 2 heterocycles. The van der Waals surface area contributed by atoms with Crippen LogP contribution in [0.1, 0.15) is 5.76 Å². The molecule has 0 saturated carbocycles. The van der Waals surface area contributed by atoms with Gasteiger partial charge in [-0.15, -0.1) is 6.58 Å². The fourth-order valence-corrected chi connectivity index (χ4v) is 3.62. The standard InChI is InChI=1S/C17H13NO3S2/c1-2-10-18-16(19)14(23-17(18)20)11-12-8-9-15(21-12)22-13-6-4-3-5-7-13/h2-9,11H,1,10H2/b14-11+. The molecule has 1 aromatic heterocycles. The van der Waals surface area contributed by atoms with Crippen LogP contribution in [0.4, 0.5) is 4.79 Å². The molecule has 0 N–H and O–H groups in total. The van der Waals surface area contributed by atoms with Crippen molar-refractivity contribution in [3.63, 3.8) is 0 Å². The van der Waals surface area contributed by atoms with Crippen molar-refractivity contribution in [1.82, 2.24) is 4.90 Å². The predicted molar refractivity (Wildman–Crippen MR) is 92.1 cm³/mol. The van der Waals surface area contributed by atoms with Crippen molar-refractivity contribution in [2.45, 2.75) is 9.99 Å². The van der Waals surface area contributed by atoms with Crippen LogP contribution in [0.3, 0.4) is 0 Å². The number of benzene rings is 1. The van der Waals surface area contributed by atoms with Crippen LogP contribution in [-0.2, 0) is 4.79 Å². The molecule has 2 amide bonds. The van der Waals surface area contributed by atoms with Crippen LogP contribution in [0.5, 0.6) is 0 Å². The highest BCUT2D eigenvalue weighted by Gasteiger charge is 2.34. The van der Waals surface area contributed by atoms with E-state index in [4.69, 9.17) is 4.42 Å². The minimum Gasteiger partial charge on any atom is -0.450 e. The Bertz CT molecular complexity index is 780. The second-order valence-electron chi connectivity index (χ2n) is 4.65. The predicted octanol–water partition coefficient (Wildman–Crippen LogP) is 4.65. The molecule has 0 unspecified atom stereocenters. The number of furan rings is 1. The van der Waals surface area contributed by atoms with E-state index in [0.29, 0.717) is 10.7 Å². The van der Waals surface area contributed by atoms with E-state index in [1.807, 2.05) is 36.4 Å². The Morgan fingerprint density at radius 1 is 1.17 bits per heavy atom. The van der Waals surface area contributed by atoms with Gasteiger partial charge in [-0.05, 0) is 36.0 Å². The zero-order chi connectivity index (χ0) is 16.2. The molecule has 1 aliphatic heterocycles. The molecule has 23 heavy (non-hydrogen) atoms. The Morgan fingerprint density at radius 2 is 1.96 bits per heavy atom. The molecule has 1 fully saturated rings. The Balaban J connectivity index is 1.75. The lowest BCUT2D eigenvalue weighted by Crippen LogP contribution is -2.27. The minimum absolute atomic E-state index is 0.218. The van der Waals surface area contributed by atoms with Crippen molar-refractivity contribution in [2.75, 3.05) is 6.54 Å². The van der Waals surface area contributed by atoms with E-state index in [1.54, 1.807) is 12.1 Å². The van der Waals surface area contributed by atoms with Gasteiger partial charge in [-0.25, -0.2) is 0 Å². The summed E-state index contributed by atoms with van der Waals surface area (Å²) >= 11 is 2.41. The second kappa shape index (κ2) is 6.93. The lowest BCUT2D eigenvalue weighted by Gasteiger charge is -2.07. The van der Waals surface area contributed by atoms with E-state index < -0.39 is 0 Å². The van der Waals surface area contributed by atoms with Crippen LogP contribution in [0.15, 0.2) is 74.4 Å². The van der Waals surface area contributed by atoms with Gasteiger partial charge in [0.15, 0.2) is 5.09 Å². The average molecular weight is 343 g/mol. The molecule has 1 saturated heterocycles. The number of hydrogen-bond acceptors (Lipinski definition) is 5. The lowest BCUT2D eigenvalue weighted by atomic mass is 10.3. The van der Waals surface area contributed by atoms with E-state index in [0.717, 1.165) is 26.6 Å². The van der Waals surface area contributed by atoms with Gasteiger partial charge in [0.1, 0.15) is 5.76 Å². The summed E-state index contributed by atoms with van der Waals surface area (Å²) in [6.45, 7) is 3.77. The number of thioether (sulfide) groups is 1. The molecule has 3 rings (SSSR count). The van der Waals surface area contributed by atoms with E-state index in [-0.39, 0.29) is 17.7 Å². The summed E-state index contributed by atoms with van der Waals surface area (Å²) in [5, 5.41) is 0.444. The van der Waals surface area contributed by atoms with Crippen LogP contribution in [0.25, 0.3) is 6.08 Å². The third-order valence-electron chi connectivity index (χ3n) is 3.02. The summed E-state index contributed by atoms with van der Waals surface area (Å²) in [5.74, 6) is 0.237. The number of carbonyl (C=O) groups is 2. The maximum absolute atomic E-state index is 12.1. The van der Waals surface area contributed by atoms with Crippen molar-refractivity contribution in [2.24, 2.45) is 0 Å². The van der Waals surface area contributed by atoms with Crippen LogP contribution >= 0.6 is 23.5 Å². The van der Waals surface area contributed by atoms with Gasteiger partial charge in [0.2, 0.25) is 0 Å². The zero-order valence-electron chi connectivity index (χ0n) is 12.1. The molecule has 4 nitrogen and oxygen atoms in total. The summed E-state index contributed by atoms with van der Waals surface area (Å²) in [6.07, 6.45) is 3.13. The van der Waals surface area contributed by atoms with E-state index in [2.05, 4.69) is 6.58 Å². The van der Waals surface area contributed by atoms with Gasteiger partial charge in [-0.2, -0.15) is 0 Å². The van der Waals surface area contributed by atoms with Gasteiger partial charge in [0.25, 0.3) is 11.1 Å². The van der Waals surface area contributed by atoms with Gasteiger partial charge >= 0.3 is 0 Å².